The lowest BCUT2D eigenvalue weighted by Crippen LogP contribution is -2.46. The second-order valence-corrected chi connectivity index (χ2v) is 6.90. The van der Waals surface area contributed by atoms with Crippen molar-refractivity contribution < 1.29 is 9.21 Å². The Labute approximate surface area is 146 Å². The van der Waals surface area contributed by atoms with E-state index in [1.165, 1.54) is 18.9 Å². The fourth-order valence-corrected chi connectivity index (χ4v) is 4.00. The first kappa shape index (κ1) is 16.1. The van der Waals surface area contributed by atoms with E-state index in [0.29, 0.717) is 24.1 Å². The van der Waals surface area contributed by atoms with Crippen molar-refractivity contribution in [3.05, 3.63) is 58.4 Å². The van der Waals surface area contributed by atoms with E-state index in [2.05, 4.69) is 10.2 Å². The van der Waals surface area contributed by atoms with Gasteiger partial charge in [-0.1, -0.05) is 12.5 Å². The molecule has 25 heavy (non-hydrogen) atoms. The van der Waals surface area contributed by atoms with Crippen LogP contribution in [-0.2, 0) is 6.54 Å². The predicted octanol–water partition coefficient (Wildman–Crippen LogP) is 1.85. The molecule has 0 aliphatic carbocycles. The van der Waals surface area contributed by atoms with Crippen molar-refractivity contribution in [2.24, 2.45) is 0 Å². The molecule has 2 saturated heterocycles. The predicted molar refractivity (Wildman–Crippen MR) is 93.6 cm³/mol. The third-order valence-electron chi connectivity index (χ3n) is 5.28. The summed E-state index contributed by atoms with van der Waals surface area (Å²) in [5.74, 6) is 0.751. The van der Waals surface area contributed by atoms with E-state index in [1.807, 2.05) is 0 Å². The topological polar surface area (TPSA) is 67.5 Å². The third-order valence-corrected chi connectivity index (χ3v) is 5.28. The summed E-state index contributed by atoms with van der Waals surface area (Å²) in [6.07, 6.45) is 6.37. The molecule has 2 aliphatic rings. The highest BCUT2D eigenvalue weighted by molar-refractivity contribution is 5.91. The van der Waals surface area contributed by atoms with Crippen LogP contribution in [0.1, 0.15) is 42.0 Å². The lowest BCUT2D eigenvalue weighted by atomic mass is 9.99. The smallest absolute Gasteiger partial charge is 0.287 e. The summed E-state index contributed by atoms with van der Waals surface area (Å²) in [5, 5.41) is 3.14. The van der Waals surface area contributed by atoms with Crippen LogP contribution in [0.5, 0.6) is 0 Å². The highest BCUT2D eigenvalue weighted by atomic mass is 16.4. The van der Waals surface area contributed by atoms with E-state index < -0.39 is 0 Å². The SMILES string of the molecule is O=C(N[C@H]1CCN2CCCC[C@@H]12)c1ccc(Cn2ccccc2=O)o1. The first-order valence-electron chi connectivity index (χ1n) is 9.00. The Bertz CT molecular complexity index is 810. The van der Waals surface area contributed by atoms with Crippen molar-refractivity contribution in [1.29, 1.82) is 0 Å². The van der Waals surface area contributed by atoms with E-state index in [-0.39, 0.29) is 17.5 Å². The largest absolute Gasteiger partial charge is 0.454 e. The lowest BCUT2D eigenvalue weighted by molar-refractivity contribution is 0.0885. The maximum Gasteiger partial charge on any atom is 0.287 e. The number of furan rings is 1. The van der Waals surface area contributed by atoms with Crippen molar-refractivity contribution in [3.8, 4) is 0 Å². The van der Waals surface area contributed by atoms with Crippen LogP contribution in [0.4, 0.5) is 0 Å². The number of carbonyl (C=O) groups excluding carboxylic acids is 1. The van der Waals surface area contributed by atoms with Crippen molar-refractivity contribution >= 4 is 5.91 Å². The number of nitrogens with one attached hydrogen (secondary N) is 1. The highest BCUT2D eigenvalue weighted by Gasteiger charge is 2.36. The molecular formula is C19H23N3O3. The number of nitrogens with zero attached hydrogens (tertiary/aromatic N) is 2. The van der Waals surface area contributed by atoms with Gasteiger partial charge in [-0.2, -0.15) is 0 Å². The Kier molecular flexibility index (Phi) is 4.44. The van der Waals surface area contributed by atoms with E-state index in [0.717, 1.165) is 25.9 Å². The van der Waals surface area contributed by atoms with Crippen molar-refractivity contribution in [2.75, 3.05) is 13.1 Å². The molecule has 0 saturated carbocycles. The maximum atomic E-state index is 12.5. The molecule has 4 heterocycles. The van der Waals surface area contributed by atoms with Gasteiger partial charge in [0.05, 0.1) is 6.54 Å². The normalized spacial score (nSPS) is 23.4. The molecule has 2 aliphatic heterocycles. The van der Waals surface area contributed by atoms with Crippen LogP contribution in [0.2, 0.25) is 0 Å². The Hall–Kier alpha value is -2.34. The van der Waals surface area contributed by atoms with E-state index in [9.17, 15) is 9.59 Å². The number of fused-ring (bicyclic) bond motifs is 1. The lowest BCUT2D eigenvalue weighted by Gasteiger charge is -2.32. The zero-order valence-corrected chi connectivity index (χ0v) is 14.2. The Balaban J connectivity index is 1.41. The molecule has 6 nitrogen and oxygen atoms in total. The average Bonchev–Trinajstić information content (AvgIpc) is 3.25. The molecule has 4 rings (SSSR count). The van der Waals surface area contributed by atoms with Crippen molar-refractivity contribution in [3.63, 3.8) is 0 Å². The van der Waals surface area contributed by atoms with E-state index in [4.69, 9.17) is 4.42 Å². The zero-order valence-electron chi connectivity index (χ0n) is 14.2. The highest BCUT2D eigenvalue weighted by Crippen LogP contribution is 2.27. The van der Waals surface area contributed by atoms with Crippen LogP contribution in [0.25, 0.3) is 0 Å². The second-order valence-electron chi connectivity index (χ2n) is 6.90. The standard InChI is InChI=1S/C19H23N3O3/c23-18-6-2-4-11-22(18)13-14-7-8-17(25-14)19(24)20-15-9-12-21-10-3-1-5-16(15)21/h2,4,6-8,11,15-16H,1,3,5,9-10,12-13H2,(H,20,24)/t15-,16-/m0/s1. The van der Waals surface area contributed by atoms with Crippen LogP contribution >= 0.6 is 0 Å². The summed E-state index contributed by atoms with van der Waals surface area (Å²) < 4.78 is 7.22. The average molecular weight is 341 g/mol. The molecular weight excluding hydrogens is 318 g/mol. The minimum absolute atomic E-state index is 0.0896. The van der Waals surface area contributed by atoms with Gasteiger partial charge in [-0.25, -0.2) is 0 Å². The van der Waals surface area contributed by atoms with Gasteiger partial charge in [0, 0.05) is 30.9 Å². The molecule has 0 unspecified atom stereocenters. The molecule has 0 spiro atoms. The van der Waals surface area contributed by atoms with Gasteiger partial charge >= 0.3 is 0 Å². The monoisotopic (exact) mass is 341 g/mol. The van der Waals surface area contributed by atoms with Gasteiger partial charge in [-0.05, 0) is 44.0 Å². The molecule has 1 amide bonds. The first-order chi connectivity index (χ1) is 12.2. The van der Waals surface area contributed by atoms with E-state index >= 15 is 0 Å². The zero-order chi connectivity index (χ0) is 17.2. The Morgan fingerprint density at radius 3 is 2.96 bits per heavy atom. The summed E-state index contributed by atoms with van der Waals surface area (Å²) >= 11 is 0. The number of hydrogen-bond acceptors (Lipinski definition) is 4. The number of amides is 1. The van der Waals surface area contributed by atoms with E-state index in [1.54, 1.807) is 35.0 Å². The van der Waals surface area contributed by atoms with Crippen LogP contribution in [-0.4, -0.2) is 40.5 Å². The maximum absolute atomic E-state index is 12.5. The van der Waals surface area contributed by atoms with Crippen LogP contribution < -0.4 is 10.9 Å². The third kappa shape index (κ3) is 3.39. The number of carbonyl (C=O) groups is 1. The number of rotatable bonds is 4. The van der Waals surface area contributed by atoms with Gasteiger partial charge in [0.1, 0.15) is 5.76 Å². The molecule has 2 atom stereocenters. The number of hydrogen-bond donors (Lipinski definition) is 1. The Morgan fingerprint density at radius 1 is 1.16 bits per heavy atom. The van der Waals surface area contributed by atoms with Crippen molar-refractivity contribution in [2.45, 2.75) is 44.3 Å². The number of pyridine rings is 1. The Morgan fingerprint density at radius 2 is 2.08 bits per heavy atom. The van der Waals surface area contributed by atoms with Gasteiger partial charge in [0.15, 0.2) is 5.76 Å². The molecule has 0 aromatic carbocycles. The van der Waals surface area contributed by atoms with Crippen LogP contribution in [0.15, 0.2) is 45.7 Å². The van der Waals surface area contributed by atoms with Gasteiger partial charge in [-0.15, -0.1) is 0 Å². The van der Waals surface area contributed by atoms with Crippen LogP contribution in [0, 0.1) is 0 Å². The molecule has 2 fully saturated rings. The summed E-state index contributed by atoms with van der Waals surface area (Å²) in [7, 11) is 0. The van der Waals surface area contributed by atoms with Crippen molar-refractivity contribution in [1.82, 2.24) is 14.8 Å². The molecule has 0 bridgehead atoms. The summed E-state index contributed by atoms with van der Waals surface area (Å²) in [4.78, 5) is 26.8. The summed E-state index contributed by atoms with van der Waals surface area (Å²) in [5.41, 5.74) is -0.0896. The second kappa shape index (κ2) is 6.88. The molecule has 2 aromatic rings. The summed E-state index contributed by atoms with van der Waals surface area (Å²) in [6.45, 7) is 2.54. The van der Waals surface area contributed by atoms with Gasteiger partial charge in [0.2, 0.25) is 0 Å². The van der Waals surface area contributed by atoms with Crippen LogP contribution in [0.3, 0.4) is 0 Å². The molecule has 0 radical (unpaired) electrons. The van der Waals surface area contributed by atoms with Gasteiger partial charge < -0.3 is 14.3 Å². The first-order valence-corrected chi connectivity index (χ1v) is 9.00. The molecule has 6 heteroatoms. The minimum atomic E-state index is -0.163. The van der Waals surface area contributed by atoms with Gasteiger partial charge in [0.25, 0.3) is 11.5 Å². The van der Waals surface area contributed by atoms with Gasteiger partial charge in [-0.3, -0.25) is 14.5 Å². The summed E-state index contributed by atoms with van der Waals surface area (Å²) in [6, 6.07) is 9.13. The minimum Gasteiger partial charge on any atom is -0.454 e. The quantitative estimate of drug-likeness (QED) is 0.921. The molecule has 1 N–H and O–H groups in total. The molecule has 132 valence electrons. The fourth-order valence-electron chi connectivity index (χ4n) is 4.00. The molecule has 2 aromatic heterocycles. The number of aromatic nitrogens is 1. The fraction of sp³-hybridized carbons (Fsp3) is 0.474. The number of piperidine rings is 1.